The Morgan fingerprint density at radius 1 is 1.17 bits per heavy atom. The Bertz CT molecular complexity index is 906. The lowest BCUT2D eigenvalue weighted by Crippen LogP contribution is -2.56. The van der Waals surface area contributed by atoms with E-state index < -0.39 is 0 Å². The van der Waals surface area contributed by atoms with Crippen LogP contribution in [0.25, 0.3) is 5.57 Å². The van der Waals surface area contributed by atoms with Gasteiger partial charge in [0.2, 0.25) is 0 Å². The summed E-state index contributed by atoms with van der Waals surface area (Å²) in [4.78, 5) is 15.6. The predicted octanol–water partition coefficient (Wildman–Crippen LogP) is 3.48. The highest BCUT2D eigenvalue weighted by atomic mass is 16.5. The minimum absolute atomic E-state index is 0.137. The lowest BCUT2D eigenvalue weighted by atomic mass is 9.71. The molecule has 1 saturated carbocycles. The number of Topliss-reactive ketones (excluding diaryl/α,β-unsaturated/α-hetero) is 1. The van der Waals surface area contributed by atoms with Crippen molar-refractivity contribution in [3.05, 3.63) is 60.2 Å². The van der Waals surface area contributed by atoms with Gasteiger partial charge in [0.25, 0.3) is 0 Å². The van der Waals surface area contributed by atoms with Crippen molar-refractivity contribution in [3.63, 3.8) is 0 Å². The van der Waals surface area contributed by atoms with E-state index in [0.29, 0.717) is 24.6 Å². The fourth-order valence-electron chi connectivity index (χ4n) is 4.89. The van der Waals surface area contributed by atoms with Crippen molar-refractivity contribution in [3.8, 4) is 5.75 Å². The fourth-order valence-corrected chi connectivity index (χ4v) is 4.89. The standard InChI is InChI=1S/C23H25NO5/c1-26-20-7-3-2-6-16(20)19-13-28-23-17(22(19)25)8-9-21-18(23)12-24(14-29-21)11-15-5-4-10-27-15/h2-7,10,13,17-18,21,23H,8-9,11-12,14H2,1H3. The number of methoxy groups -OCH3 is 1. The van der Waals surface area contributed by atoms with Crippen LogP contribution < -0.4 is 4.74 Å². The maximum atomic E-state index is 13.4. The van der Waals surface area contributed by atoms with Crippen molar-refractivity contribution < 1.29 is 23.4 Å². The lowest BCUT2D eigenvalue weighted by Gasteiger charge is -2.48. The summed E-state index contributed by atoms with van der Waals surface area (Å²) in [5.41, 5.74) is 1.39. The number of para-hydroxylation sites is 1. The molecule has 0 amide bonds. The molecule has 152 valence electrons. The van der Waals surface area contributed by atoms with Crippen molar-refractivity contribution in [2.45, 2.75) is 31.6 Å². The van der Waals surface area contributed by atoms with Gasteiger partial charge in [-0.2, -0.15) is 0 Å². The average molecular weight is 395 g/mol. The summed E-state index contributed by atoms with van der Waals surface area (Å²) < 4.78 is 23.3. The third kappa shape index (κ3) is 3.36. The monoisotopic (exact) mass is 395 g/mol. The van der Waals surface area contributed by atoms with Gasteiger partial charge in [0, 0.05) is 18.0 Å². The van der Waals surface area contributed by atoms with Crippen LogP contribution in [-0.2, 0) is 20.8 Å². The molecule has 6 nitrogen and oxygen atoms in total. The van der Waals surface area contributed by atoms with Crippen molar-refractivity contribution >= 4 is 11.4 Å². The van der Waals surface area contributed by atoms with Crippen LogP contribution in [0.15, 0.2) is 53.3 Å². The van der Waals surface area contributed by atoms with Gasteiger partial charge in [-0.15, -0.1) is 0 Å². The Kier molecular flexibility index (Phi) is 4.89. The zero-order valence-electron chi connectivity index (χ0n) is 16.5. The lowest BCUT2D eigenvalue weighted by molar-refractivity contribution is -0.172. The van der Waals surface area contributed by atoms with E-state index in [4.69, 9.17) is 18.6 Å². The fraction of sp³-hybridized carbons (Fsp3) is 0.435. The molecule has 5 rings (SSSR count). The Hall–Kier alpha value is -2.57. The molecule has 0 radical (unpaired) electrons. The van der Waals surface area contributed by atoms with Crippen molar-refractivity contribution in [2.75, 3.05) is 20.4 Å². The average Bonchev–Trinajstić information content (AvgIpc) is 3.27. The molecule has 2 aliphatic heterocycles. The summed E-state index contributed by atoms with van der Waals surface area (Å²) in [6, 6.07) is 11.5. The number of fused-ring (bicyclic) bond motifs is 3. The number of carbonyl (C=O) groups is 1. The van der Waals surface area contributed by atoms with Crippen molar-refractivity contribution in [2.24, 2.45) is 11.8 Å². The van der Waals surface area contributed by atoms with E-state index in [0.717, 1.165) is 30.7 Å². The third-order valence-electron chi connectivity index (χ3n) is 6.30. The molecular formula is C23H25NO5. The van der Waals surface area contributed by atoms with Crippen LogP contribution in [0.4, 0.5) is 0 Å². The van der Waals surface area contributed by atoms with Gasteiger partial charge in [0.1, 0.15) is 17.6 Å². The van der Waals surface area contributed by atoms with Crippen LogP contribution >= 0.6 is 0 Å². The van der Waals surface area contributed by atoms with Crippen LogP contribution in [0, 0.1) is 11.8 Å². The maximum Gasteiger partial charge on any atom is 0.173 e. The topological polar surface area (TPSA) is 61.1 Å². The van der Waals surface area contributed by atoms with Gasteiger partial charge in [-0.05, 0) is 31.0 Å². The molecule has 1 aromatic heterocycles. The molecule has 0 N–H and O–H groups in total. The zero-order chi connectivity index (χ0) is 19.8. The molecule has 6 heteroatoms. The quantitative estimate of drug-likeness (QED) is 0.790. The van der Waals surface area contributed by atoms with Crippen LogP contribution in [0.5, 0.6) is 5.75 Å². The summed E-state index contributed by atoms with van der Waals surface area (Å²) in [6.07, 6.45) is 4.98. The second-order valence-corrected chi connectivity index (χ2v) is 7.97. The van der Waals surface area contributed by atoms with E-state index >= 15 is 0 Å². The number of furan rings is 1. The smallest absolute Gasteiger partial charge is 0.173 e. The molecule has 1 aromatic carbocycles. The van der Waals surface area contributed by atoms with Gasteiger partial charge in [0.15, 0.2) is 5.78 Å². The van der Waals surface area contributed by atoms with E-state index in [1.54, 1.807) is 19.6 Å². The van der Waals surface area contributed by atoms with Crippen LogP contribution in [-0.4, -0.2) is 43.3 Å². The highest BCUT2D eigenvalue weighted by Crippen LogP contribution is 2.43. The third-order valence-corrected chi connectivity index (χ3v) is 6.30. The maximum absolute atomic E-state index is 13.4. The highest BCUT2D eigenvalue weighted by Gasteiger charge is 2.49. The minimum Gasteiger partial charge on any atom is -0.496 e. The largest absolute Gasteiger partial charge is 0.496 e. The van der Waals surface area contributed by atoms with Gasteiger partial charge in [-0.1, -0.05) is 18.2 Å². The zero-order valence-corrected chi connectivity index (χ0v) is 16.5. The minimum atomic E-state index is -0.154. The summed E-state index contributed by atoms with van der Waals surface area (Å²) in [5.74, 6) is 1.77. The van der Waals surface area contributed by atoms with E-state index in [9.17, 15) is 4.79 Å². The van der Waals surface area contributed by atoms with E-state index in [1.165, 1.54) is 0 Å². The Balaban J connectivity index is 1.37. The first-order chi connectivity index (χ1) is 14.2. The number of rotatable bonds is 4. The number of hydrogen-bond acceptors (Lipinski definition) is 6. The number of carbonyl (C=O) groups excluding carboxylic acids is 1. The molecule has 1 saturated heterocycles. The Morgan fingerprint density at radius 3 is 2.90 bits per heavy atom. The molecule has 1 aliphatic carbocycles. The number of benzene rings is 1. The van der Waals surface area contributed by atoms with Crippen LogP contribution in [0.2, 0.25) is 0 Å². The van der Waals surface area contributed by atoms with Gasteiger partial charge in [-0.25, -0.2) is 0 Å². The molecule has 2 fully saturated rings. The molecule has 0 bridgehead atoms. The van der Waals surface area contributed by atoms with E-state index in [1.807, 2.05) is 36.4 Å². The van der Waals surface area contributed by atoms with E-state index in [-0.39, 0.29) is 29.8 Å². The second kappa shape index (κ2) is 7.69. The normalized spacial score (nSPS) is 29.4. The first-order valence-electron chi connectivity index (χ1n) is 10.1. The van der Waals surface area contributed by atoms with Crippen LogP contribution in [0.3, 0.4) is 0 Å². The summed E-state index contributed by atoms with van der Waals surface area (Å²) in [6.45, 7) is 2.11. The number of nitrogens with zero attached hydrogens (tertiary/aromatic N) is 1. The molecule has 2 aromatic rings. The van der Waals surface area contributed by atoms with Crippen molar-refractivity contribution in [1.29, 1.82) is 0 Å². The summed E-state index contributed by atoms with van der Waals surface area (Å²) in [7, 11) is 1.62. The summed E-state index contributed by atoms with van der Waals surface area (Å²) in [5, 5.41) is 0. The molecule has 29 heavy (non-hydrogen) atoms. The molecule has 4 unspecified atom stereocenters. The Morgan fingerprint density at radius 2 is 2.07 bits per heavy atom. The molecule has 3 heterocycles. The number of ether oxygens (including phenoxy) is 3. The first kappa shape index (κ1) is 18.5. The molecule has 3 aliphatic rings. The van der Waals surface area contributed by atoms with Gasteiger partial charge in [-0.3, -0.25) is 9.69 Å². The number of allylic oxidation sites excluding steroid dienone is 1. The van der Waals surface area contributed by atoms with Gasteiger partial charge >= 0.3 is 0 Å². The number of ketones is 1. The Labute approximate surface area is 170 Å². The molecular weight excluding hydrogens is 370 g/mol. The molecule has 0 spiro atoms. The van der Waals surface area contributed by atoms with E-state index in [2.05, 4.69) is 4.90 Å². The molecule has 4 atom stereocenters. The van der Waals surface area contributed by atoms with Gasteiger partial charge in [0.05, 0.1) is 50.5 Å². The van der Waals surface area contributed by atoms with Crippen molar-refractivity contribution in [1.82, 2.24) is 4.90 Å². The van der Waals surface area contributed by atoms with Gasteiger partial charge < -0.3 is 18.6 Å². The van der Waals surface area contributed by atoms with Crippen LogP contribution in [0.1, 0.15) is 24.2 Å². The summed E-state index contributed by atoms with van der Waals surface area (Å²) >= 11 is 0. The SMILES string of the molecule is COc1ccccc1C1=COC2C(CCC3OCN(Cc4ccco4)CC32)C1=O. The first-order valence-corrected chi connectivity index (χ1v) is 10.1. The predicted molar refractivity (Wildman–Crippen MR) is 106 cm³/mol. The second-order valence-electron chi connectivity index (χ2n) is 7.97. The number of hydrogen-bond donors (Lipinski definition) is 0. The highest BCUT2D eigenvalue weighted by molar-refractivity contribution is 6.22.